The number of imidazole rings is 1. The molecule has 13 heteroatoms. The van der Waals surface area contributed by atoms with Gasteiger partial charge in [0.1, 0.15) is 6.73 Å². The molecule has 0 fully saturated rings. The van der Waals surface area contributed by atoms with Crippen LogP contribution in [0.5, 0.6) is 0 Å². The second-order valence-electron chi connectivity index (χ2n) is 4.68. The van der Waals surface area contributed by atoms with E-state index in [2.05, 4.69) is 26.5 Å². The fraction of sp³-hybridized carbons (Fsp3) is 0.385. The van der Waals surface area contributed by atoms with Crippen LogP contribution in [0.15, 0.2) is 23.1 Å². The number of benzene rings is 1. The molecular weight excluding hydrogens is 403 g/mol. The number of phosphoric acid groups is 1. The maximum atomic E-state index is 11.4. The van der Waals surface area contributed by atoms with E-state index in [1.165, 1.54) is 11.7 Å². The molecule has 2 aromatic rings. The van der Waals surface area contributed by atoms with E-state index in [0.29, 0.717) is 11.0 Å². The van der Waals surface area contributed by atoms with Crippen LogP contribution in [-0.2, 0) is 20.6 Å². The van der Waals surface area contributed by atoms with Crippen molar-refractivity contribution in [1.29, 1.82) is 0 Å². The van der Waals surface area contributed by atoms with Gasteiger partial charge in [-0.15, -0.1) is 11.8 Å². The van der Waals surface area contributed by atoms with Gasteiger partial charge in [-0.3, -0.25) is 9.88 Å². The Morgan fingerprint density at radius 3 is 2.65 bits per heavy atom. The molecule has 0 aliphatic rings. The molecule has 0 saturated carbocycles. The smallest absolute Gasteiger partial charge is 0.790 e. The minimum Gasteiger partial charge on any atom is -0.790 e. The predicted octanol–water partition coefficient (Wildman–Crippen LogP) is -4.47. The first-order valence-electron chi connectivity index (χ1n) is 6.98. The Hall–Kier alpha value is 0.420. The van der Waals surface area contributed by atoms with E-state index >= 15 is 0 Å². The van der Waals surface area contributed by atoms with Gasteiger partial charge in [-0.2, -0.15) is 0 Å². The maximum absolute atomic E-state index is 11.4. The number of thioether (sulfide) groups is 1. The first kappa shape index (κ1) is 26.4. The Bertz CT molecular complexity index is 785. The molecule has 0 unspecified atom stereocenters. The Morgan fingerprint density at radius 1 is 1.38 bits per heavy atom. The van der Waals surface area contributed by atoms with Gasteiger partial charge >= 0.3 is 65.2 Å². The molecule has 9 nitrogen and oxygen atoms in total. The van der Waals surface area contributed by atoms with E-state index in [1.54, 1.807) is 17.8 Å². The van der Waals surface area contributed by atoms with Crippen LogP contribution in [0.4, 0.5) is 10.7 Å². The zero-order chi connectivity index (χ0) is 17.7. The zero-order valence-electron chi connectivity index (χ0n) is 15.1. The molecule has 0 aliphatic heterocycles. The monoisotopic (exact) mass is 419 g/mol. The third-order valence-electron chi connectivity index (χ3n) is 2.94. The summed E-state index contributed by atoms with van der Waals surface area (Å²) in [5.41, 5.74) is 1.04. The second kappa shape index (κ2) is 12.1. The third-order valence-corrected chi connectivity index (χ3v) is 4.57. The number of anilines is 1. The fourth-order valence-electron chi connectivity index (χ4n) is 1.92. The number of hydrogen-bond donors (Lipinski definition) is 1. The fourth-order valence-corrected chi connectivity index (χ4v) is 2.97. The Kier molecular flexibility index (Phi) is 12.3. The summed E-state index contributed by atoms with van der Waals surface area (Å²) in [7, 11) is -3.98. The number of nitrogens with one attached hydrogen (secondary N) is 1. The van der Waals surface area contributed by atoms with Crippen molar-refractivity contribution in [3.8, 4) is 0 Å². The normalized spacial score (nSPS) is 10.8. The summed E-state index contributed by atoms with van der Waals surface area (Å²) in [4.78, 5) is 38.1. The van der Waals surface area contributed by atoms with E-state index < -0.39 is 20.6 Å². The first-order valence-corrected chi connectivity index (χ1v) is 9.43. The predicted molar refractivity (Wildman–Crippen MR) is 85.5 cm³/mol. The molecule has 0 radical (unpaired) electrons. The Morgan fingerprint density at radius 2 is 2.08 bits per heavy atom. The number of phosphoric ester groups is 1. The van der Waals surface area contributed by atoms with Gasteiger partial charge in [-0.25, -0.2) is 9.78 Å². The van der Waals surface area contributed by atoms with E-state index in [4.69, 9.17) is 0 Å². The van der Waals surface area contributed by atoms with E-state index in [0.717, 1.165) is 17.1 Å². The van der Waals surface area contributed by atoms with E-state index in [9.17, 15) is 19.1 Å². The first-order chi connectivity index (χ1) is 11.3. The largest absolute Gasteiger partial charge is 1.00 e. The van der Waals surface area contributed by atoms with Crippen LogP contribution in [0.2, 0.25) is 0 Å². The minimum absolute atomic E-state index is 0. The number of ether oxygens (including phenoxy) is 1. The van der Waals surface area contributed by atoms with Crippen LogP contribution in [0.3, 0.4) is 0 Å². The number of nitrogens with zero attached hydrogens (tertiary/aromatic N) is 2. The molecule has 0 aliphatic carbocycles. The molecule has 1 heterocycles. The van der Waals surface area contributed by atoms with Crippen molar-refractivity contribution in [2.24, 2.45) is 0 Å². The Labute approximate surface area is 199 Å². The van der Waals surface area contributed by atoms with Crippen molar-refractivity contribution in [2.75, 3.05) is 18.2 Å². The van der Waals surface area contributed by atoms with Crippen LogP contribution in [0.25, 0.3) is 11.0 Å². The summed E-state index contributed by atoms with van der Waals surface area (Å²) >= 11 is 1.65. The van der Waals surface area contributed by atoms with E-state index in [-0.39, 0.29) is 65.1 Å². The average molecular weight is 419 g/mol. The van der Waals surface area contributed by atoms with Gasteiger partial charge in [0, 0.05) is 4.90 Å². The molecule has 26 heavy (non-hydrogen) atoms. The number of amides is 1. The van der Waals surface area contributed by atoms with Gasteiger partial charge in [0.2, 0.25) is 5.95 Å². The number of carbonyl (C=O) groups is 1. The molecule has 1 aromatic heterocycles. The van der Waals surface area contributed by atoms with Gasteiger partial charge in [0.15, 0.2) is 0 Å². The van der Waals surface area contributed by atoms with Gasteiger partial charge in [-0.05, 0) is 30.4 Å². The number of carbonyl (C=O) groups excluding carboxylic acids is 1. The third kappa shape index (κ3) is 7.81. The summed E-state index contributed by atoms with van der Waals surface area (Å²) in [5.74, 6) is 0.959. The molecule has 1 aromatic carbocycles. The molecule has 0 spiro atoms. The Balaban J connectivity index is 0.00000312. The quantitative estimate of drug-likeness (QED) is 0.270. The number of aromatic nitrogens is 2. The zero-order valence-corrected chi connectivity index (χ0v) is 20.8. The summed E-state index contributed by atoms with van der Waals surface area (Å²) in [6.45, 7) is 1.47. The number of rotatable bonds is 7. The molecule has 2 rings (SSSR count). The van der Waals surface area contributed by atoms with Crippen molar-refractivity contribution in [1.82, 2.24) is 9.55 Å². The van der Waals surface area contributed by atoms with Crippen LogP contribution in [-0.4, -0.2) is 28.5 Å². The van der Waals surface area contributed by atoms with Crippen molar-refractivity contribution >= 4 is 42.7 Å². The molecule has 0 bridgehead atoms. The summed E-state index contributed by atoms with van der Waals surface area (Å²) in [6.07, 6.45) is 0.238. The maximum Gasteiger partial charge on any atom is 1.00 e. The molecule has 0 saturated heterocycles. The van der Waals surface area contributed by atoms with Gasteiger partial charge in [0.05, 0.1) is 26.0 Å². The van der Waals surface area contributed by atoms with Crippen LogP contribution >= 0.6 is 19.6 Å². The van der Waals surface area contributed by atoms with Crippen molar-refractivity contribution in [3.05, 3.63) is 18.2 Å². The van der Waals surface area contributed by atoms with Crippen LogP contribution in [0, 0.1) is 0 Å². The molecule has 0 atom stereocenters. The molecule has 1 amide bonds. The standard InChI is InChI=1S/C13H18N3O6PS.2Na/c1-3-6-24-9-4-5-11-10(7-9)14-12(15-13(17)21-2)16(11)8-22-23(18,19)20;;/h4-5,7H,3,6,8H2,1-2H3,(H,14,15,17)(H2,18,19,20);;/q;2*+1/p-2. The van der Waals surface area contributed by atoms with Gasteiger partial charge in [0.25, 0.3) is 0 Å². The van der Waals surface area contributed by atoms with Gasteiger partial charge in [-0.1, -0.05) is 6.92 Å². The van der Waals surface area contributed by atoms with Crippen molar-refractivity contribution < 1.29 is 87.5 Å². The second-order valence-corrected chi connectivity index (χ2v) is 7.01. The number of fused-ring (bicyclic) bond motifs is 1. The number of methoxy groups -OCH3 is 1. The average Bonchev–Trinajstić information content (AvgIpc) is 2.86. The SMILES string of the molecule is CCCSc1ccc2c(c1)nc(NC(=O)OC)n2COP(=O)([O-])[O-].[Na+].[Na+]. The van der Waals surface area contributed by atoms with Crippen LogP contribution < -0.4 is 74.2 Å². The summed E-state index contributed by atoms with van der Waals surface area (Å²) in [5, 5.41) is 2.36. The van der Waals surface area contributed by atoms with E-state index in [1.807, 2.05) is 12.1 Å². The molecular formula is C13H16N3Na2O6PS. The molecule has 1 N–H and O–H groups in total. The van der Waals surface area contributed by atoms with Gasteiger partial charge < -0.3 is 23.6 Å². The summed E-state index contributed by atoms with van der Waals surface area (Å²) < 4.78 is 20.8. The van der Waals surface area contributed by atoms with Crippen molar-refractivity contribution in [3.63, 3.8) is 0 Å². The van der Waals surface area contributed by atoms with Crippen molar-refractivity contribution in [2.45, 2.75) is 25.0 Å². The summed E-state index contributed by atoms with van der Waals surface area (Å²) in [6, 6.07) is 5.37. The minimum atomic E-state index is -5.17. The van der Waals surface area contributed by atoms with Crippen LogP contribution in [0.1, 0.15) is 13.3 Å². The topological polar surface area (TPSA) is 129 Å². The molecule has 132 valence electrons. The number of hydrogen-bond acceptors (Lipinski definition) is 8.